The number of anilines is 2. The summed E-state index contributed by atoms with van der Waals surface area (Å²) in [5.74, 6) is 0.831. The number of unbranched alkanes of at least 4 members (excludes halogenated alkanes) is 1. The summed E-state index contributed by atoms with van der Waals surface area (Å²) < 4.78 is 10.7. The molecule has 0 heterocycles. The van der Waals surface area contributed by atoms with Gasteiger partial charge in [-0.25, -0.2) is 0 Å². The summed E-state index contributed by atoms with van der Waals surface area (Å²) in [4.78, 5) is 37.1. The van der Waals surface area contributed by atoms with E-state index >= 15 is 0 Å². The molecule has 9 nitrogen and oxygen atoms in total. The van der Waals surface area contributed by atoms with E-state index in [9.17, 15) is 19.7 Å². The number of hydrogen-bond donors (Lipinski definition) is 3. The molecule has 0 atom stereocenters. The highest BCUT2D eigenvalue weighted by atomic mass is 28.4. The van der Waals surface area contributed by atoms with Crippen LogP contribution in [0, 0.1) is 10.1 Å². The molecule has 0 saturated heterocycles. The van der Waals surface area contributed by atoms with Crippen molar-refractivity contribution in [3.63, 3.8) is 0 Å². The van der Waals surface area contributed by atoms with Gasteiger partial charge >= 0.3 is 0 Å². The highest BCUT2D eigenvalue weighted by molar-refractivity contribution is 6.98. The molecular weight excluding hydrogens is 659 g/mol. The van der Waals surface area contributed by atoms with Crippen LogP contribution in [0.25, 0.3) is 0 Å². The van der Waals surface area contributed by atoms with Gasteiger partial charge in [-0.15, -0.1) is 0 Å². The highest BCUT2D eigenvalue weighted by Gasteiger charge is 2.49. The molecule has 0 saturated carbocycles. The number of methoxy groups -OCH3 is 2. The van der Waals surface area contributed by atoms with Gasteiger partial charge in [-0.2, -0.15) is 0 Å². The number of carbonyl (C=O) groups is 1. The summed E-state index contributed by atoms with van der Waals surface area (Å²) in [6.45, 7) is 4.82. The SMILES string of the molecule is COc1ccc(NCc2ccc(C(=O)Nc3cc(CCCCC(C)(C)[Si](O)(c4ccccc4)c4ccccc4)ccc3[N+](=O)[O-])cc2)cc1OC. The Labute approximate surface area is 300 Å². The average molecular weight is 704 g/mol. The fourth-order valence-corrected chi connectivity index (χ4v) is 10.3. The van der Waals surface area contributed by atoms with Crippen molar-refractivity contribution >= 4 is 41.7 Å². The largest absolute Gasteiger partial charge is 0.493 e. The molecule has 0 aromatic heterocycles. The van der Waals surface area contributed by atoms with Gasteiger partial charge in [0.1, 0.15) is 5.69 Å². The molecule has 264 valence electrons. The first-order chi connectivity index (χ1) is 24.6. The summed E-state index contributed by atoms with van der Waals surface area (Å²) in [7, 11) is 0.0668. The second-order valence-electron chi connectivity index (χ2n) is 13.2. The molecule has 3 N–H and O–H groups in total. The molecule has 1 amide bonds. The first-order valence-electron chi connectivity index (χ1n) is 17.0. The first kappa shape index (κ1) is 36.8. The van der Waals surface area contributed by atoms with E-state index in [4.69, 9.17) is 9.47 Å². The molecule has 5 rings (SSSR count). The van der Waals surface area contributed by atoms with Crippen LogP contribution in [0.1, 0.15) is 54.6 Å². The number of nitro groups is 1. The van der Waals surface area contributed by atoms with Crippen molar-refractivity contribution in [1.29, 1.82) is 0 Å². The summed E-state index contributed by atoms with van der Waals surface area (Å²) >= 11 is 0. The number of rotatable bonds is 16. The Morgan fingerprint density at radius 3 is 1.98 bits per heavy atom. The summed E-state index contributed by atoms with van der Waals surface area (Å²) in [5, 5.41) is 19.6. The van der Waals surface area contributed by atoms with Crippen molar-refractivity contribution < 1.29 is 24.0 Å². The maximum Gasteiger partial charge on any atom is 0.292 e. The molecule has 0 aliphatic carbocycles. The van der Waals surface area contributed by atoms with Crippen molar-refractivity contribution in [3.05, 3.63) is 148 Å². The number of nitrogens with zero attached hydrogens (tertiary/aromatic N) is 1. The zero-order valence-corrected chi connectivity index (χ0v) is 30.5. The Morgan fingerprint density at radius 2 is 1.39 bits per heavy atom. The van der Waals surface area contributed by atoms with Crippen LogP contribution in [0.15, 0.2) is 121 Å². The number of carbonyl (C=O) groups excluding carboxylic acids is 1. The quantitative estimate of drug-likeness (QED) is 0.0416. The molecule has 0 aliphatic rings. The molecule has 5 aromatic rings. The van der Waals surface area contributed by atoms with Gasteiger partial charge in [0.05, 0.1) is 19.1 Å². The third kappa shape index (κ3) is 8.65. The lowest BCUT2D eigenvalue weighted by Crippen LogP contribution is -2.65. The summed E-state index contributed by atoms with van der Waals surface area (Å²) in [5.41, 5.74) is 3.09. The molecule has 51 heavy (non-hydrogen) atoms. The predicted octanol–water partition coefficient (Wildman–Crippen LogP) is 7.72. The lowest BCUT2D eigenvalue weighted by molar-refractivity contribution is -0.383. The number of nitro benzene ring substituents is 1. The second kappa shape index (κ2) is 16.5. The van der Waals surface area contributed by atoms with Crippen LogP contribution in [0.3, 0.4) is 0 Å². The molecule has 10 heteroatoms. The van der Waals surface area contributed by atoms with E-state index in [1.807, 2.05) is 91.0 Å². The van der Waals surface area contributed by atoms with Crippen molar-refractivity contribution in [2.45, 2.75) is 51.1 Å². The van der Waals surface area contributed by atoms with Gasteiger partial charge in [-0.3, -0.25) is 14.9 Å². The molecule has 0 spiro atoms. The third-order valence-electron chi connectivity index (χ3n) is 9.48. The minimum Gasteiger partial charge on any atom is -0.493 e. The lowest BCUT2D eigenvalue weighted by Gasteiger charge is -2.41. The van der Waals surface area contributed by atoms with E-state index in [0.717, 1.165) is 46.5 Å². The van der Waals surface area contributed by atoms with E-state index in [1.54, 1.807) is 38.5 Å². The number of nitrogens with one attached hydrogen (secondary N) is 2. The minimum absolute atomic E-state index is 0.161. The van der Waals surface area contributed by atoms with E-state index in [2.05, 4.69) is 24.5 Å². The van der Waals surface area contributed by atoms with E-state index in [-0.39, 0.29) is 16.4 Å². The van der Waals surface area contributed by atoms with E-state index in [1.165, 1.54) is 6.07 Å². The van der Waals surface area contributed by atoms with Gasteiger partial charge in [0, 0.05) is 29.9 Å². The molecule has 0 fully saturated rings. The summed E-state index contributed by atoms with van der Waals surface area (Å²) in [6, 6.07) is 37.5. The van der Waals surface area contributed by atoms with Crippen LogP contribution in [-0.4, -0.2) is 38.2 Å². The minimum atomic E-state index is -3.10. The number of benzene rings is 5. The average Bonchev–Trinajstić information content (AvgIpc) is 3.16. The number of amides is 1. The van der Waals surface area contributed by atoms with Gasteiger partial charge in [-0.1, -0.05) is 99.1 Å². The maximum atomic E-state index is 13.2. The van der Waals surface area contributed by atoms with Gasteiger partial charge in [0.15, 0.2) is 11.5 Å². The number of hydrogen-bond acceptors (Lipinski definition) is 7. The van der Waals surface area contributed by atoms with E-state index in [0.29, 0.717) is 30.0 Å². The van der Waals surface area contributed by atoms with Crippen molar-refractivity contribution in [3.8, 4) is 11.5 Å². The lowest BCUT2D eigenvalue weighted by atomic mass is 10.0. The van der Waals surface area contributed by atoms with Crippen LogP contribution < -0.4 is 30.5 Å². The topological polar surface area (TPSA) is 123 Å². The Balaban J connectivity index is 1.21. The van der Waals surface area contributed by atoms with Gasteiger partial charge in [-0.05, 0) is 76.1 Å². The fraction of sp³-hybridized carbons (Fsp3) is 0.244. The number of aryl methyl sites for hydroxylation is 1. The van der Waals surface area contributed by atoms with Gasteiger partial charge in [0.25, 0.3) is 19.9 Å². The van der Waals surface area contributed by atoms with Crippen molar-refractivity contribution in [2.24, 2.45) is 0 Å². The standard InChI is InChI=1S/C41H45N3O6Si/c1-41(2,51(48,34-14-7-5-8-15-34)35-16-9-6-10-17-35)26-12-11-13-30-20-24-37(44(46)47)36(27-30)43-40(45)32-21-18-31(19-22-32)29-42-33-23-25-38(49-3)39(28-33)50-4/h5-10,14-25,27-28,42,48H,11-13,26,29H2,1-4H3,(H,43,45). The molecule has 0 aliphatic heterocycles. The van der Waals surface area contributed by atoms with E-state index < -0.39 is 19.1 Å². The highest BCUT2D eigenvalue weighted by Crippen LogP contribution is 2.40. The monoisotopic (exact) mass is 703 g/mol. The van der Waals surface area contributed by atoms with Crippen LogP contribution in [0.2, 0.25) is 5.04 Å². The van der Waals surface area contributed by atoms with Crippen LogP contribution in [0.5, 0.6) is 11.5 Å². The Kier molecular flexibility index (Phi) is 11.9. The zero-order chi connectivity index (χ0) is 36.4. The smallest absolute Gasteiger partial charge is 0.292 e. The van der Waals surface area contributed by atoms with Gasteiger partial charge in [0.2, 0.25) is 0 Å². The molecule has 5 aromatic carbocycles. The number of ether oxygens (including phenoxy) is 2. The second-order valence-corrected chi connectivity index (χ2v) is 17.1. The van der Waals surface area contributed by atoms with Crippen LogP contribution in [-0.2, 0) is 13.0 Å². The Morgan fingerprint density at radius 1 is 0.784 bits per heavy atom. The zero-order valence-electron chi connectivity index (χ0n) is 29.5. The summed E-state index contributed by atoms with van der Waals surface area (Å²) in [6.07, 6.45) is 3.15. The molecule has 0 radical (unpaired) electrons. The Bertz CT molecular complexity index is 1900. The third-order valence-corrected chi connectivity index (χ3v) is 14.0. The normalized spacial score (nSPS) is 11.5. The molecular formula is C41H45N3O6Si. The first-order valence-corrected chi connectivity index (χ1v) is 19.0. The van der Waals surface area contributed by atoms with Crippen LogP contribution >= 0.6 is 0 Å². The van der Waals surface area contributed by atoms with Crippen molar-refractivity contribution in [2.75, 3.05) is 24.9 Å². The molecule has 0 unspecified atom stereocenters. The maximum absolute atomic E-state index is 13.2. The predicted molar refractivity (Wildman–Crippen MR) is 206 cm³/mol. The molecule has 0 bridgehead atoms. The van der Waals surface area contributed by atoms with Crippen LogP contribution in [0.4, 0.5) is 17.1 Å². The Hall–Kier alpha value is -5.45. The fourth-order valence-electron chi connectivity index (χ4n) is 6.50. The van der Waals surface area contributed by atoms with Gasteiger partial charge < -0.3 is 24.9 Å². The van der Waals surface area contributed by atoms with Crippen molar-refractivity contribution in [1.82, 2.24) is 0 Å².